The number of anilines is 1. The number of ether oxygens (including phenoxy) is 1. The molecule has 2 aromatic rings. The molecule has 3 rings (SSSR count). The number of carbonyl (C=O) groups excluding carboxylic acids is 3. The summed E-state index contributed by atoms with van der Waals surface area (Å²) in [5, 5.41) is 13.7. The molecule has 1 aliphatic heterocycles. The van der Waals surface area contributed by atoms with E-state index in [1.165, 1.54) is 19.2 Å². The Morgan fingerprint density at radius 3 is 2.52 bits per heavy atom. The Bertz CT molecular complexity index is 1060. The molecule has 1 saturated heterocycles. The lowest BCUT2D eigenvalue weighted by Gasteiger charge is -2.26. The van der Waals surface area contributed by atoms with Gasteiger partial charge in [0.15, 0.2) is 0 Å². The van der Waals surface area contributed by atoms with E-state index in [9.17, 15) is 24.5 Å². The minimum Gasteiger partial charge on any atom is -0.465 e. The van der Waals surface area contributed by atoms with Gasteiger partial charge in [0.25, 0.3) is 17.5 Å². The van der Waals surface area contributed by atoms with Crippen molar-refractivity contribution >= 4 is 51.4 Å². The van der Waals surface area contributed by atoms with Crippen molar-refractivity contribution in [3.63, 3.8) is 0 Å². The maximum atomic E-state index is 13.0. The largest absolute Gasteiger partial charge is 0.465 e. The number of rotatable bonds is 5. The molecule has 164 valence electrons. The fourth-order valence-corrected chi connectivity index (χ4v) is 4.71. The molecule has 11 heteroatoms. The highest BCUT2D eigenvalue weighted by Crippen LogP contribution is 2.35. The molecule has 2 heterocycles. The fourth-order valence-electron chi connectivity index (χ4n) is 3.36. The standard InChI is InChI=1S/C20H20ClN3O6S/c1-11-15(20(27)30-2)18(31-16(11)19(26)23-8-4-3-5-9-23)22-17(25)12-6-7-13(21)14(10-12)24(28)29/h6-7,10H,3-5,8-9H2,1-2H3,(H,22,25). The predicted molar refractivity (Wildman–Crippen MR) is 116 cm³/mol. The van der Waals surface area contributed by atoms with Crippen LogP contribution in [0.4, 0.5) is 10.7 Å². The Morgan fingerprint density at radius 2 is 1.90 bits per heavy atom. The van der Waals surface area contributed by atoms with E-state index in [-0.39, 0.29) is 27.1 Å². The maximum Gasteiger partial charge on any atom is 0.341 e. The van der Waals surface area contributed by atoms with Crippen LogP contribution in [0.2, 0.25) is 5.02 Å². The van der Waals surface area contributed by atoms with Crippen LogP contribution in [0.25, 0.3) is 0 Å². The van der Waals surface area contributed by atoms with Gasteiger partial charge in [-0.05, 0) is 43.9 Å². The molecule has 0 spiro atoms. The van der Waals surface area contributed by atoms with Crippen molar-refractivity contribution in [2.45, 2.75) is 26.2 Å². The molecular weight excluding hydrogens is 446 g/mol. The molecule has 1 aromatic heterocycles. The van der Waals surface area contributed by atoms with Crippen LogP contribution in [0.15, 0.2) is 18.2 Å². The second kappa shape index (κ2) is 9.44. The second-order valence-electron chi connectivity index (χ2n) is 6.98. The van der Waals surface area contributed by atoms with Gasteiger partial charge in [-0.1, -0.05) is 11.6 Å². The fraction of sp³-hybridized carbons (Fsp3) is 0.350. The number of halogens is 1. The number of piperidine rings is 1. The molecule has 0 aliphatic carbocycles. The third-order valence-electron chi connectivity index (χ3n) is 5.01. The quantitative estimate of drug-likeness (QED) is 0.400. The SMILES string of the molecule is COC(=O)c1c(NC(=O)c2ccc(Cl)c([N+](=O)[O-])c2)sc(C(=O)N2CCCCC2)c1C. The molecule has 0 radical (unpaired) electrons. The van der Waals surface area contributed by atoms with E-state index in [4.69, 9.17) is 16.3 Å². The highest BCUT2D eigenvalue weighted by molar-refractivity contribution is 7.18. The van der Waals surface area contributed by atoms with Gasteiger partial charge in [0.2, 0.25) is 0 Å². The van der Waals surface area contributed by atoms with Crippen molar-refractivity contribution in [3.8, 4) is 0 Å². The van der Waals surface area contributed by atoms with Crippen molar-refractivity contribution in [1.29, 1.82) is 0 Å². The lowest BCUT2D eigenvalue weighted by atomic mass is 10.1. The number of hydrogen-bond donors (Lipinski definition) is 1. The van der Waals surface area contributed by atoms with Crippen LogP contribution in [0, 0.1) is 17.0 Å². The Labute approximate surface area is 187 Å². The highest BCUT2D eigenvalue weighted by Gasteiger charge is 2.29. The van der Waals surface area contributed by atoms with Gasteiger partial charge >= 0.3 is 5.97 Å². The smallest absolute Gasteiger partial charge is 0.341 e. The molecule has 9 nitrogen and oxygen atoms in total. The average Bonchev–Trinajstić information content (AvgIpc) is 3.08. The molecule has 0 atom stereocenters. The van der Waals surface area contributed by atoms with E-state index in [1.807, 2.05) is 0 Å². The Morgan fingerprint density at radius 1 is 1.23 bits per heavy atom. The number of thiophene rings is 1. The van der Waals surface area contributed by atoms with Crippen molar-refractivity contribution in [3.05, 3.63) is 54.9 Å². The first-order valence-corrected chi connectivity index (χ1v) is 10.7. The summed E-state index contributed by atoms with van der Waals surface area (Å²) in [5.74, 6) is -1.57. The molecule has 0 unspecified atom stereocenters. The first kappa shape index (κ1) is 22.7. The van der Waals surface area contributed by atoms with E-state index in [0.717, 1.165) is 36.7 Å². The minimum absolute atomic E-state index is 0.0122. The van der Waals surface area contributed by atoms with Crippen LogP contribution >= 0.6 is 22.9 Å². The zero-order valence-corrected chi connectivity index (χ0v) is 18.5. The lowest BCUT2D eigenvalue weighted by Crippen LogP contribution is -2.35. The predicted octanol–water partition coefficient (Wildman–Crippen LogP) is 4.28. The molecule has 0 saturated carbocycles. The molecule has 1 aromatic carbocycles. The van der Waals surface area contributed by atoms with Crippen LogP contribution in [0.5, 0.6) is 0 Å². The molecule has 2 amide bonds. The van der Waals surface area contributed by atoms with Crippen molar-refractivity contribution in [1.82, 2.24) is 4.90 Å². The van der Waals surface area contributed by atoms with Crippen LogP contribution < -0.4 is 5.32 Å². The van der Waals surface area contributed by atoms with E-state index >= 15 is 0 Å². The molecule has 1 fully saturated rings. The number of nitro groups is 1. The summed E-state index contributed by atoms with van der Waals surface area (Å²) in [5.41, 5.74) is 0.0854. The number of hydrogen-bond acceptors (Lipinski definition) is 7. The Balaban J connectivity index is 1.95. The number of nitrogens with zero attached hydrogens (tertiary/aromatic N) is 2. The zero-order valence-electron chi connectivity index (χ0n) is 16.9. The molecule has 1 N–H and O–H groups in total. The summed E-state index contributed by atoms with van der Waals surface area (Å²) < 4.78 is 4.83. The summed E-state index contributed by atoms with van der Waals surface area (Å²) in [4.78, 5) is 50.6. The number of carbonyl (C=O) groups is 3. The van der Waals surface area contributed by atoms with Crippen LogP contribution in [0.3, 0.4) is 0 Å². The Hall–Kier alpha value is -2.98. The first-order chi connectivity index (χ1) is 14.7. The number of methoxy groups -OCH3 is 1. The number of amides is 2. The van der Waals surface area contributed by atoms with Crippen LogP contribution in [0.1, 0.15) is 55.2 Å². The number of likely N-dealkylation sites (tertiary alicyclic amines) is 1. The summed E-state index contributed by atoms with van der Waals surface area (Å²) in [6.07, 6.45) is 2.90. The molecular formula is C20H20ClN3O6S. The normalized spacial score (nSPS) is 13.6. The zero-order chi connectivity index (χ0) is 22.7. The molecule has 0 bridgehead atoms. The van der Waals surface area contributed by atoms with E-state index < -0.39 is 22.5 Å². The summed E-state index contributed by atoms with van der Waals surface area (Å²) in [6, 6.07) is 3.64. The molecule has 31 heavy (non-hydrogen) atoms. The third-order valence-corrected chi connectivity index (χ3v) is 6.52. The summed E-state index contributed by atoms with van der Waals surface area (Å²) in [7, 11) is 1.21. The van der Waals surface area contributed by atoms with Gasteiger partial charge in [0.1, 0.15) is 10.0 Å². The van der Waals surface area contributed by atoms with E-state index in [0.29, 0.717) is 23.5 Å². The maximum absolute atomic E-state index is 13.0. The topological polar surface area (TPSA) is 119 Å². The number of benzene rings is 1. The van der Waals surface area contributed by atoms with E-state index in [2.05, 4.69) is 5.32 Å². The van der Waals surface area contributed by atoms with Gasteiger partial charge < -0.3 is 15.0 Å². The number of nitro benzene ring substituents is 1. The minimum atomic E-state index is -0.691. The van der Waals surface area contributed by atoms with Crippen LogP contribution in [-0.2, 0) is 4.74 Å². The van der Waals surface area contributed by atoms with Crippen molar-refractivity contribution in [2.24, 2.45) is 0 Å². The summed E-state index contributed by atoms with van der Waals surface area (Å²) >= 11 is 6.78. The molecule has 1 aliphatic rings. The van der Waals surface area contributed by atoms with Crippen LogP contribution in [-0.4, -0.2) is 47.8 Å². The van der Waals surface area contributed by atoms with Gasteiger partial charge in [-0.2, -0.15) is 0 Å². The highest BCUT2D eigenvalue weighted by atomic mass is 35.5. The first-order valence-electron chi connectivity index (χ1n) is 9.50. The van der Waals surface area contributed by atoms with E-state index in [1.54, 1.807) is 11.8 Å². The lowest BCUT2D eigenvalue weighted by molar-refractivity contribution is -0.384. The Kier molecular flexibility index (Phi) is 6.91. The van der Waals surface area contributed by atoms with Gasteiger partial charge in [-0.3, -0.25) is 19.7 Å². The monoisotopic (exact) mass is 465 g/mol. The second-order valence-corrected chi connectivity index (χ2v) is 8.41. The third kappa shape index (κ3) is 4.70. The van der Waals surface area contributed by atoms with Gasteiger partial charge in [-0.25, -0.2) is 4.79 Å². The van der Waals surface area contributed by atoms with Gasteiger partial charge in [0, 0.05) is 24.7 Å². The summed E-state index contributed by atoms with van der Waals surface area (Å²) in [6.45, 7) is 2.91. The average molecular weight is 466 g/mol. The van der Waals surface area contributed by atoms with Crippen molar-refractivity contribution in [2.75, 3.05) is 25.5 Å². The van der Waals surface area contributed by atoms with Crippen molar-refractivity contribution < 1.29 is 24.0 Å². The van der Waals surface area contributed by atoms with Gasteiger partial charge in [0.05, 0.1) is 22.5 Å². The number of nitrogens with one attached hydrogen (secondary N) is 1. The van der Waals surface area contributed by atoms with Gasteiger partial charge in [-0.15, -0.1) is 11.3 Å². The number of esters is 1.